The van der Waals surface area contributed by atoms with E-state index in [9.17, 15) is 0 Å². The Morgan fingerprint density at radius 2 is 2.11 bits per heavy atom. The molecule has 27 heavy (non-hydrogen) atoms. The van der Waals surface area contributed by atoms with Crippen LogP contribution in [0.4, 0.5) is 5.82 Å². The summed E-state index contributed by atoms with van der Waals surface area (Å²) in [5, 5.41) is 4.16. The molecule has 0 aliphatic heterocycles. The van der Waals surface area contributed by atoms with Gasteiger partial charge >= 0.3 is 0 Å². The van der Waals surface area contributed by atoms with E-state index in [4.69, 9.17) is 20.2 Å². The maximum atomic E-state index is 6.01. The van der Waals surface area contributed by atoms with E-state index in [-0.39, 0.29) is 0 Å². The van der Waals surface area contributed by atoms with E-state index in [0.717, 1.165) is 38.1 Å². The van der Waals surface area contributed by atoms with Crippen LogP contribution in [0.15, 0.2) is 34.6 Å². The highest BCUT2D eigenvalue weighted by Crippen LogP contribution is 2.35. The summed E-state index contributed by atoms with van der Waals surface area (Å²) < 4.78 is 13.6. The topological polar surface area (TPSA) is 100 Å². The Morgan fingerprint density at radius 3 is 2.89 bits per heavy atom. The van der Waals surface area contributed by atoms with Gasteiger partial charge in [0.25, 0.3) is 0 Å². The summed E-state index contributed by atoms with van der Waals surface area (Å²) in [5.74, 6) is 1.19. The molecular formula is C17H21IN6O2S. The molecule has 1 aromatic carbocycles. The molecule has 2 aromatic heterocycles. The molecule has 3 rings (SSSR count). The molecule has 144 valence electrons. The molecular weight excluding hydrogens is 479 g/mol. The van der Waals surface area contributed by atoms with Gasteiger partial charge in [0.05, 0.1) is 13.7 Å². The van der Waals surface area contributed by atoms with E-state index in [2.05, 4.69) is 42.4 Å². The lowest BCUT2D eigenvalue weighted by Crippen LogP contribution is -2.24. The fourth-order valence-corrected chi connectivity index (χ4v) is 4.12. The third-order valence-corrected chi connectivity index (χ3v) is 6.22. The Balaban J connectivity index is 1.91. The monoisotopic (exact) mass is 500 g/mol. The molecule has 0 radical (unpaired) electrons. The Bertz CT molecular complexity index is 920. The summed E-state index contributed by atoms with van der Waals surface area (Å²) in [7, 11) is 3.35. The summed E-state index contributed by atoms with van der Waals surface area (Å²) in [6.07, 6.45) is 1.47. The molecule has 8 nitrogen and oxygen atoms in total. The minimum Gasteiger partial charge on any atom is -0.497 e. The van der Waals surface area contributed by atoms with Crippen LogP contribution in [0.3, 0.4) is 0 Å². The van der Waals surface area contributed by atoms with Gasteiger partial charge in [0.2, 0.25) is 0 Å². The number of ether oxygens (including phenoxy) is 2. The van der Waals surface area contributed by atoms with Gasteiger partial charge in [-0.2, -0.15) is 0 Å². The Kier molecular flexibility index (Phi) is 7.10. The smallest absolute Gasteiger partial charge is 0.175 e. The quantitative estimate of drug-likeness (QED) is 0.342. The normalized spacial score (nSPS) is 11.2. The van der Waals surface area contributed by atoms with Crippen molar-refractivity contribution in [2.75, 3.05) is 39.6 Å². The largest absolute Gasteiger partial charge is 0.497 e. The second kappa shape index (κ2) is 9.53. The molecule has 0 amide bonds. The highest BCUT2D eigenvalue weighted by Gasteiger charge is 2.17. The molecule has 0 aliphatic carbocycles. The molecule has 0 aliphatic rings. The number of nitrogens with zero attached hydrogens (tertiary/aromatic N) is 4. The van der Waals surface area contributed by atoms with Crippen LogP contribution in [0.2, 0.25) is 0 Å². The number of anilines is 1. The molecule has 0 saturated carbocycles. The third kappa shape index (κ3) is 4.81. The van der Waals surface area contributed by atoms with Crippen molar-refractivity contribution in [1.82, 2.24) is 24.8 Å². The number of halogens is 1. The van der Waals surface area contributed by atoms with Crippen molar-refractivity contribution in [2.45, 2.75) is 16.6 Å². The van der Waals surface area contributed by atoms with E-state index in [1.165, 1.54) is 6.33 Å². The number of nitrogens with one attached hydrogen (secondary N) is 1. The predicted octanol–water partition coefficient (Wildman–Crippen LogP) is 2.41. The van der Waals surface area contributed by atoms with Crippen LogP contribution in [0.25, 0.3) is 11.2 Å². The molecule has 3 N–H and O–H groups in total. The number of hydrogen-bond donors (Lipinski definition) is 2. The van der Waals surface area contributed by atoms with Crippen LogP contribution in [0.1, 0.15) is 0 Å². The minimum absolute atomic E-state index is 0.383. The molecule has 2 heterocycles. The number of benzene rings is 1. The molecule has 0 saturated heterocycles. The second-order valence-electron chi connectivity index (χ2n) is 5.62. The number of hydrogen-bond acceptors (Lipinski definition) is 8. The minimum atomic E-state index is 0.383. The number of imidazole rings is 1. The first-order valence-corrected chi connectivity index (χ1v) is 10.2. The summed E-state index contributed by atoms with van der Waals surface area (Å²) in [5.41, 5.74) is 7.36. The van der Waals surface area contributed by atoms with E-state index < -0.39 is 0 Å². The first-order valence-electron chi connectivity index (χ1n) is 8.31. The van der Waals surface area contributed by atoms with Crippen LogP contribution in [0.5, 0.6) is 5.75 Å². The first kappa shape index (κ1) is 20.1. The fourth-order valence-electron chi connectivity index (χ4n) is 2.49. The molecule has 0 fully saturated rings. The van der Waals surface area contributed by atoms with Gasteiger partial charge in [0.15, 0.2) is 22.1 Å². The first-order chi connectivity index (χ1) is 13.1. The third-order valence-electron chi connectivity index (χ3n) is 3.86. The van der Waals surface area contributed by atoms with Crippen LogP contribution in [-0.2, 0) is 11.3 Å². The SMILES string of the molecule is COCCNCCn1c(Sc2cc(OC)ccc2I)nc2c(N)ncnc21. The lowest BCUT2D eigenvalue weighted by atomic mass is 10.3. The standard InChI is InChI=1S/C17H21IN6O2S/c1-25-8-6-20-5-7-24-16-14(15(19)21-10-22-16)23-17(24)27-13-9-11(26-2)3-4-12(13)18/h3-4,9-10,20H,5-8H2,1-2H3,(H2,19,21,22). The van der Waals surface area contributed by atoms with Gasteiger partial charge in [-0.1, -0.05) is 11.8 Å². The van der Waals surface area contributed by atoms with Gasteiger partial charge in [0.1, 0.15) is 12.1 Å². The molecule has 0 atom stereocenters. The molecule has 10 heteroatoms. The highest BCUT2D eigenvalue weighted by molar-refractivity contribution is 14.1. The van der Waals surface area contributed by atoms with Gasteiger partial charge in [0, 0.05) is 35.2 Å². The van der Waals surface area contributed by atoms with E-state index in [0.29, 0.717) is 24.5 Å². The lowest BCUT2D eigenvalue weighted by molar-refractivity contribution is 0.199. The maximum Gasteiger partial charge on any atom is 0.175 e. The zero-order valence-electron chi connectivity index (χ0n) is 15.1. The average molecular weight is 500 g/mol. The van der Waals surface area contributed by atoms with Crippen molar-refractivity contribution in [2.24, 2.45) is 0 Å². The van der Waals surface area contributed by atoms with Crippen molar-refractivity contribution in [3.63, 3.8) is 0 Å². The molecule has 0 unspecified atom stereocenters. The highest BCUT2D eigenvalue weighted by atomic mass is 127. The Hall–Kier alpha value is -1.63. The number of methoxy groups -OCH3 is 2. The number of nitrogens with two attached hydrogens (primary N) is 1. The maximum absolute atomic E-state index is 6.01. The van der Waals surface area contributed by atoms with E-state index >= 15 is 0 Å². The van der Waals surface area contributed by atoms with Crippen LogP contribution < -0.4 is 15.8 Å². The van der Waals surface area contributed by atoms with Crippen LogP contribution in [-0.4, -0.2) is 53.4 Å². The van der Waals surface area contributed by atoms with E-state index in [1.54, 1.807) is 26.0 Å². The molecule has 0 spiro atoms. The number of fused-ring (bicyclic) bond motifs is 1. The number of aromatic nitrogens is 4. The summed E-state index contributed by atoms with van der Waals surface area (Å²) in [6.45, 7) is 2.93. The van der Waals surface area contributed by atoms with Gasteiger partial charge in [-0.25, -0.2) is 15.0 Å². The molecule has 3 aromatic rings. The van der Waals surface area contributed by atoms with Crippen molar-refractivity contribution in [1.29, 1.82) is 0 Å². The summed E-state index contributed by atoms with van der Waals surface area (Å²) in [4.78, 5) is 14.2. The fraction of sp³-hybridized carbons (Fsp3) is 0.353. The Labute approximate surface area is 175 Å². The average Bonchev–Trinajstić information content (AvgIpc) is 3.02. The van der Waals surface area contributed by atoms with Gasteiger partial charge in [-0.05, 0) is 40.8 Å². The van der Waals surface area contributed by atoms with Crippen molar-refractivity contribution in [3.05, 3.63) is 28.1 Å². The number of rotatable bonds is 9. The number of nitrogen functional groups attached to an aromatic ring is 1. The van der Waals surface area contributed by atoms with Crippen LogP contribution >= 0.6 is 34.4 Å². The van der Waals surface area contributed by atoms with Gasteiger partial charge in [-0.15, -0.1) is 0 Å². The zero-order valence-corrected chi connectivity index (χ0v) is 18.1. The van der Waals surface area contributed by atoms with Crippen molar-refractivity contribution < 1.29 is 9.47 Å². The second-order valence-corrected chi connectivity index (χ2v) is 7.79. The zero-order chi connectivity index (χ0) is 19.2. The Morgan fingerprint density at radius 1 is 1.26 bits per heavy atom. The summed E-state index contributed by atoms with van der Waals surface area (Å²) >= 11 is 3.87. The van der Waals surface area contributed by atoms with Crippen molar-refractivity contribution in [3.8, 4) is 5.75 Å². The summed E-state index contributed by atoms with van der Waals surface area (Å²) in [6, 6.07) is 5.97. The van der Waals surface area contributed by atoms with Gasteiger partial charge < -0.3 is 25.1 Å². The molecule has 0 bridgehead atoms. The van der Waals surface area contributed by atoms with Gasteiger partial charge in [-0.3, -0.25) is 0 Å². The van der Waals surface area contributed by atoms with E-state index in [1.807, 2.05) is 18.2 Å². The van der Waals surface area contributed by atoms with Crippen LogP contribution in [0, 0.1) is 3.57 Å². The lowest BCUT2D eigenvalue weighted by Gasteiger charge is -2.11. The predicted molar refractivity (Wildman–Crippen MR) is 114 cm³/mol. The van der Waals surface area contributed by atoms with Crippen molar-refractivity contribution >= 4 is 51.3 Å².